The maximum absolute atomic E-state index is 11.4. The molecule has 0 N–H and O–H groups in total. The van der Waals surface area contributed by atoms with Crippen LogP contribution in [0, 0.1) is 0 Å². The van der Waals surface area contributed by atoms with Crippen molar-refractivity contribution in [3.63, 3.8) is 0 Å². The average molecular weight is 129 g/mol. The van der Waals surface area contributed by atoms with Crippen molar-refractivity contribution in [2.45, 2.75) is 5.92 Å². The van der Waals surface area contributed by atoms with Gasteiger partial charge in [-0.05, 0) is 0 Å². The van der Waals surface area contributed by atoms with Crippen LogP contribution in [-0.2, 0) is 4.79 Å². The minimum Gasteiger partial charge on any atom is -0.297 e. The van der Waals surface area contributed by atoms with Crippen LogP contribution in [0.25, 0.3) is 0 Å². The number of rotatable bonds is 2. The fourth-order valence-electron chi connectivity index (χ4n) is 0.0315. The Hall–Kier alpha value is -0.180. The zero-order valence-electron chi connectivity index (χ0n) is 3.33. The van der Waals surface area contributed by atoms with Crippen molar-refractivity contribution in [1.29, 1.82) is 0 Å². The van der Waals surface area contributed by atoms with Crippen molar-refractivity contribution >= 4 is 17.9 Å². The molecule has 0 aliphatic rings. The van der Waals surface area contributed by atoms with Gasteiger partial charge in [-0.25, -0.2) is 0 Å². The number of carbonyl (C=O) groups excluding carboxylic acids is 1. The van der Waals surface area contributed by atoms with Crippen LogP contribution in [0.4, 0.5) is 8.78 Å². The van der Waals surface area contributed by atoms with E-state index in [0.717, 1.165) is 0 Å². The van der Waals surface area contributed by atoms with Crippen molar-refractivity contribution in [1.82, 2.24) is 0 Å². The highest BCUT2D eigenvalue weighted by molar-refractivity contribution is 6.19. The molecule has 4 heteroatoms. The van der Waals surface area contributed by atoms with Gasteiger partial charge >= 0.3 is 5.92 Å². The van der Waals surface area contributed by atoms with Gasteiger partial charge in [0.25, 0.3) is 0 Å². The summed E-state index contributed by atoms with van der Waals surface area (Å²) in [6.07, 6.45) is -0.472. The minimum absolute atomic E-state index is 0.472. The summed E-state index contributed by atoms with van der Waals surface area (Å²) in [5, 5.41) is 0. The van der Waals surface area contributed by atoms with Crippen LogP contribution in [0.1, 0.15) is 0 Å². The Morgan fingerprint density at radius 3 is 2.14 bits per heavy atom. The van der Waals surface area contributed by atoms with Gasteiger partial charge in [-0.3, -0.25) is 4.79 Å². The molecule has 0 aromatic carbocycles. The summed E-state index contributed by atoms with van der Waals surface area (Å²) in [7, 11) is 0. The first-order chi connectivity index (χ1) is 3.12. The minimum atomic E-state index is -3.33. The van der Waals surface area contributed by atoms with E-state index in [1.165, 1.54) is 0 Å². The van der Waals surface area contributed by atoms with E-state index in [0.29, 0.717) is 0 Å². The van der Waals surface area contributed by atoms with Crippen LogP contribution >= 0.6 is 11.6 Å². The van der Waals surface area contributed by atoms with E-state index >= 15 is 0 Å². The number of carbonyl (C=O) groups is 1. The van der Waals surface area contributed by atoms with Crippen molar-refractivity contribution in [3.8, 4) is 0 Å². The number of halogens is 3. The Kier molecular flexibility index (Phi) is 2.15. The van der Waals surface area contributed by atoms with Crippen molar-refractivity contribution in [2.75, 3.05) is 5.88 Å². The summed E-state index contributed by atoms with van der Waals surface area (Å²) in [6.45, 7) is 0. The molecule has 0 amide bonds. The van der Waals surface area contributed by atoms with E-state index in [1.807, 2.05) is 0 Å². The van der Waals surface area contributed by atoms with Crippen molar-refractivity contribution < 1.29 is 13.6 Å². The first kappa shape index (κ1) is 6.82. The van der Waals surface area contributed by atoms with Crippen LogP contribution in [0.2, 0.25) is 0 Å². The normalized spacial score (nSPS) is 11.3. The molecule has 0 saturated heterocycles. The lowest BCUT2D eigenvalue weighted by Gasteiger charge is -1.98. The molecule has 0 heterocycles. The Balaban J connectivity index is 3.58. The third-order valence-corrected chi connectivity index (χ3v) is 0.707. The van der Waals surface area contributed by atoms with Gasteiger partial charge in [0.15, 0.2) is 6.29 Å². The van der Waals surface area contributed by atoms with Gasteiger partial charge in [0.1, 0.15) is 0 Å². The van der Waals surface area contributed by atoms with Gasteiger partial charge in [0.05, 0.1) is 5.88 Å². The third kappa shape index (κ3) is 2.51. The predicted octanol–water partition coefficient (Wildman–Crippen LogP) is 1.06. The van der Waals surface area contributed by atoms with Gasteiger partial charge in [0, 0.05) is 0 Å². The molecule has 0 spiro atoms. The number of alkyl halides is 3. The van der Waals surface area contributed by atoms with E-state index in [-0.39, 0.29) is 0 Å². The summed E-state index contributed by atoms with van der Waals surface area (Å²) in [6, 6.07) is 0. The quantitative estimate of drug-likeness (QED) is 0.402. The fraction of sp³-hybridized carbons (Fsp3) is 0.667. The van der Waals surface area contributed by atoms with Crippen molar-refractivity contribution in [3.05, 3.63) is 0 Å². The van der Waals surface area contributed by atoms with Gasteiger partial charge < -0.3 is 0 Å². The Morgan fingerprint density at radius 2 is 2.14 bits per heavy atom. The fourth-order valence-corrected chi connectivity index (χ4v) is 0.0945. The number of aldehydes is 1. The average Bonchev–Trinajstić information content (AvgIpc) is 1.68. The summed E-state index contributed by atoms with van der Waals surface area (Å²) in [5.41, 5.74) is 0. The molecular weight excluding hydrogens is 125 g/mol. The Morgan fingerprint density at radius 1 is 1.71 bits per heavy atom. The smallest absolute Gasteiger partial charge is 0.297 e. The monoisotopic (exact) mass is 128 g/mol. The lowest BCUT2D eigenvalue weighted by Crippen LogP contribution is -2.18. The van der Waals surface area contributed by atoms with Gasteiger partial charge in [0.2, 0.25) is 0 Å². The molecule has 42 valence electrons. The molecule has 0 radical (unpaired) electrons. The van der Waals surface area contributed by atoms with E-state index in [2.05, 4.69) is 11.6 Å². The zero-order chi connectivity index (χ0) is 5.91. The largest absolute Gasteiger partial charge is 0.315 e. The van der Waals surface area contributed by atoms with Crippen LogP contribution in [-0.4, -0.2) is 18.1 Å². The third-order valence-electron chi connectivity index (χ3n) is 0.351. The summed E-state index contributed by atoms with van der Waals surface area (Å²) < 4.78 is 22.8. The molecule has 1 nitrogen and oxygen atoms in total. The highest BCUT2D eigenvalue weighted by Gasteiger charge is 2.25. The lowest BCUT2D eigenvalue weighted by atomic mass is 10.4. The molecule has 0 bridgehead atoms. The second kappa shape index (κ2) is 2.21. The second-order valence-corrected chi connectivity index (χ2v) is 1.28. The number of hydrogen-bond donors (Lipinski definition) is 0. The summed E-state index contributed by atoms with van der Waals surface area (Å²) >= 11 is 4.61. The molecule has 0 unspecified atom stereocenters. The van der Waals surface area contributed by atoms with Gasteiger partial charge in [-0.15, -0.1) is 11.6 Å². The maximum atomic E-state index is 11.4. The summed E-state index contributed by atoms with van der Waals surface area (Å²) in [4.78, 5) is 9.22. The SMILES string of the molecule is O=CC(F)(F)CCl. The van der Waals surface area contributed by atoms with Gasteiger partial charge in [-0.1, -0.05) is 0 Å². The molecule has 0 fully saturated rings. The molecule has 0 aromatic rings. The standard InChI is InChI=1S/C3H3ClF2O/c4-1-3(5,6)2-7/h2H,1H2. The van der Waals surface area contributed by atoms with E-state index in [4.69, 9.17) is 0 Å². The first-order valence-electron chi connectivity index (χ1n) is 1.52. The van der Waals surface area contributed by atoms with Crippen molar-refractivity contribution in [2.24, 2.45) is 0 Å². The van der Waals surface area contributed by atoms with Crippen LogP contribution < -0.4 is 0 Å². The van der Waals surface area contributed by atoms with Gasteiger partial charge in [-0.2, -0.15) is 8.78 Å². The summed E-state index contributed by atoms with van der Waals surface area (Å²) in [5.74, 6) is -4.27. The highest BCUT2D eigenvalue weighted by atomic mass is 35.5. The molecule has 0 aromatic heterocycles. The molecule has 0 saturated carbocycles. The molecule has 0 atom stereocenters. The first-order valence-corrected chi connectivity index (χ1v) is 2.06. The second-order valence-electron chi connectivity index (χ2n) is 1.01. The Bertz CT molecular complexity index is 73.3. The topological polar surface area (TPSA) is 17.1 Å². The zero-order valence-corrected chi connectivity index (χ0v) is 4.08. The molecule has 0 aliphatic heterocycles. The Labute approximate surface area is 44.3 Å². The lowest BCUT2D eigenvalue weighted by molar-refractivity contribution is -0.126. The van der Waals surface area contributed by atoms with E-state index in [9.17, 15) is 13.6 Å². The molecular formula is C3H3ClF2O. The van der Waals surface area contributed by atoms with Crippen LogP contribution in [0.5, 0.6) is 0 Å². The van der Waals surface area contributed by atoms with E-state index < -0.39 is 18.1 Å². The number of hydrogen-bond acceptors (Lipinski definition) is 1. The highest BCUT2D eigenvalue weighted by Crippen LogP contribution is 2.09. The van der Waals surface area contributed by atoms with E-state index in [1.54, 1.807) is 0 Å². The maximum Gasteiger partial charge on any atom is 0.315 e. The molecule has 0 aliphatic carbocycles. The predicted molar refractivity (Wildman–Crippen MR) is 21.7 cm³/mol. The van der Waals surface area contributed by atoms with Crippen LogP contribution in [0.3, 0.4) is 0 Å². The van der Waals surface area contributed by atoms with Crippen LogP contribution in [0.15, 0.2) is 0 Å². The molecule has 0 rings (SSSR count). The molecule has 7 heavy (non-hydrogen) atoms.